The summed E-state index contributed by atoms with van der Waals surface area (Å²) >= 11 is 0. The van der Waals surface area contributed by atoms with Crippen molar-refractivity contribution in [1.82, 2.24) is 14.8 Å². The number of nitrogens with zero attached hydrogens (tertiary/aromatic N) is 3. The van der Waals surface area contributed by atoms with E-state index in [0.29, 0.717) is 12.0 Å². The van der Waals surface area contributed by atoms with E-state index in [2.05, 4.69) is 49.6 Å². The van der Waals surface area contributed by atoms with Gasteiger partial charge in [0.25, 0.3) is 0 Å². The van der Waals surface area contributed by atoms with Gasteiger partial charge in [0, 0.05) is 30.7 Å². The molecule has 3 aliphatic rings. The van der Waals surface area contributed by atoms with Gasteiger partial charge in [0.2, 0.25) is 0 Å². The van der Waals surface area contributed by atoms with Crippen LogP contribution in [0.3, 0.4) is 0 Å². The van der Waals surface area contributed by atoms with E-state index in [1.165, 1.54) is 12.8 Å². The van der Waals surface area contributed by atoms with Crippen LogP contribution in [-0.2, 0) is 14.0 Å². The van der Waals surface area contributed by atoms with Crippen LogP contribution >= 0.6 is 0 Å². The fourth-order valence-corrected chi connectivity index (χ4v) is 4.72. The van der Waals surface area contributed by atoms with Gasteiger partial charge in [0.1, 0.15) is 11.4 Å². The average molecular weight is 461 g/mol. The molecule has 1 aromatic carbocycles. The molecule has 2 aliphatic heterocycles. The fourth-order valence-electron chi connectivity index (χ4n) is 4.72. The molecule has 1 aliphatic carbocycles. The van der Waals surface area contributed by atoms with Gasteiger partial charge in [-0.15, -0.1) is 0 Å². The monoisotopic (exact) mass is 461 g/mol. The Balaban J connectivity index is 1.31. The third-order valence-corrected chi connectivity index (χ3v) is 7.73. The number of hydrogen-bond acceptors (Lipinski definition) is 6. The normalized spacial score (nSPS) is 22.4. The molecule has 2 saturated heterocycles. The number of benzene rings is 1. The average Bonchev–Trinajstić information content (AvgIpc) is 3.54. The van der Waals surface area contributed by atoms with Crippen molar-refractivity contribution in [3.8, 4) is 11.5 Å². The lowest BCUT2D eigenvalue weighted by Gasteiger charge is -2.32. The zero-order valence-electron chi connectivity index (χ0n) is 20.4. The highest BCUT2D eigenvalue weighted by atomic mass is 16.7. The first kappa shape index (κ1) is 22.1. The van der Waals surface area contributed by atoms with Crippen molar-refractivity contribution in [3.63, 3.8) is 0 Å². The number of pyridine rings is 1. The maximum Gasteiger partial charge on any atom is 0.494 e. The van der Waals surface area contributed by atoms with E-state index in [4.69, 9.17) is 23.9 Å². The predicted molar refractivity (Wildman–Crippen MR) is 131 cm³/mol. The molecule has 0 N–H and O–H groups in total. The Labute approximate surface area is 200 Å². The smallest absolute Gasteiger partial charge is 0.453 e. The standard InChI is InChI=1S/C26H32BN3O4/c1-25(2)26(3,4)34-27(33-25)18-5-8-20-21(15-18)28-12-9-22(20)32-23-16-30(19-6-7-19)29-24(23)17-10-13-31-14-11-17/h5,8-9,12,15-17,19H,6-7,10-11,13-14H2,1-4H3. The van der Waals surface area contributed by atoms with Crippen molar-refractivity contribution >= 4 is 23.5 Å². The van der Waals surface area contributed by atoms with Gasteiger partial charge in [-0.3, -0.25) is 9.67 Å². The predicted octanol–water partition coefficient (Wildman–Crippen LogP) is 4.75. The summed E-state index contributed by atoms with van der Waals surface area (Å²) in [7, 11) is -0.419. The summed E-state index contributed by atoms with van der Waals surface area (Å²) in [5.41, 5.74) is 2.10. The van der Waals surface area contributed by atoms with Crippen LogP contribution in [0.5, 0.6) is 11.5 Å². The molecule has 6 rings (SSSR count). The second kappa shape index (κ2) is 8.07. The van der Waals surface area contributed by atoms with Gasteiger partial charge >= 0.3 is 7.12 Å². The van der Waals surface area contributed by atoms with Crippen LogP contribution in [-0.4, -0.2) is 46.3 Å². The van der Waals surface area contributed by atoms with Gasteiger partial charge in [-0.1, -0.05) is 6.07 Å². The lowest BCUT2D eigenvalue weighted by atomic mass is 9.78. The van der Waals surface area contributed by atoms with Crippen LogP contribution < -0.4 is 10.2 Å². The van der Waals surface area contributed by atoms with E-state index in [0.717, 1.165) is 59.6 Å². The van der Waals surface area contributed by atoms with Crippen LogP contribution in [0.2, 0.25) is 0 Å². The Bertz CT molecular complexity index is 1200. The summed E-state index contributed by atoms with van der Waals surface area (Å²) in [6.45, 7) is 9.82. The molecule has 0 unspecified atom stereocenters. The minimum Gasteiger partial charge on any atom is -0.453 e. The van der Waals surface area contributed by atoms with Crippen molar-refractivity contribution in [2.75, 3.05) is 13.2 Å². The summed E-state index contributed by atoms with van der Waals surface area (Å²) in [6, 6.07) is 8.58. The maximum absolute atomic E-state index is 6.54. The third kappa shape index (κ3) is 3.91. The van der Waals surface area contributed by atoms with Gasteiger partial charge < -0.3 is 18.8 Å². The molecule has 0 amide bonds. The van der Waals surface area contributed by atoms with Gasteiger partial charge in [-0.2, -0.15) is 5.10 Å². The molecular weight excluding hydrogens is 429 g/mol. The van der Waals surface area contributed by atoms with Crippen molar-refractivity contribution in [2.45, 2.75) is 76.5 Å². The molecule has 4 heterocycles. The largest absolute Gasteiger partial charge is 0.494 e. The summed E-state index contributed by atoms with van der Waals surface area (Å²) in [5.74, 6) is 2.00. The summed E-state index contributed by atoms with van der Waals surface area (Å²) in [5, 5.41) is 5.91. The zero-order valence-corrected chi connectivity index (χ0v) is 20.4. The Hall–Kier alpha value is -2.42. The molecule has 1 saturated carbocycles. The van der Waals surface area contributed by atoms with Gasteiger partial charge in [0.05, 0.1) is 29.0 Å². The molecule has 3 aromatic rings. The number of aromatic nitrogens is 3. The lowest BCUT2D eigenvalue weighted by molar-refractivity contribution is 0.00578. The van der Waals surface area contributed by atoms with Crippen molar-refractivity contribution in [1.29, 1.82) is 0 Å². The number of rotatable bonds is 5. The maximum atomic E-state index is 6.54. The van der Waals surface area contributed by atoms with Gasteiger partial charge in [-0.05, 0) is 77.0 Å². The van der Waals surface area contributed by atoms with Gasteiger partial charge in [0.15, 0.2) is 5.75 Å². The summed E-state index contributed by atoms with van der Waals surface area (Å²) in [4.78, 5) is 4.62. The van der Waals surface area contributed by atoms with E-state index in [-0.39, 0.29) is 11.2 Å². The molecule has 178 valence electrons. The number of fused-ring (bicyclic) bond motifs is 1. The fraction of sp³-hybridized carbons (Fsp3) is 0.538. The first-order valence-electron chi connectivity index (χ1n) is 12.4. The molecule has 8 heteroatoms. The quantitative estimate of drug-likeness (QED) is 0.511. The zero-order chi connectivity index (χ0) is 23.5. The Morgan fingerprint density at radius 3 is 2.41 bits per heavy atom. The second-order valence-corrected chi connectivity index (χ2v) is 10.8. The Morgan fingerprint density at radius 1 is 0.971 bits per heavy atom. The first-order valence-corrected chi connectivity index (χ1v) is 12.4. The SMILES string of the molecule is CC1(C)OB(c2ccc3c(Oc4cn(C5CC5)nc4C4CCOCC4)ccnc3c2)OC1(C)C. The number of ether oxygens (including phenoxy) is 2. The molecule has 7 nitrogen and oxygen atoms in total. The van der Waals surface area contributed by atoms with E-state index in [1.54, 1.807) is 6.20 Å². The van der Waals surface area contributed by atoms with E-state index >= 15 is 0 Å². The number of hydrogen-bond donors (Lipinski definition) is 0. The third-order valence-electron chi connectivity index (χ3n) is 7.73. The minimum absolute atomic E-state index is 0.367. The van der Waals surface area contributed by atoms with Gasteiger partial charge in [-0.25, -0.2) is 0 Å². The second-order valence-electron chi connectivity index (χ2n) is 10.8. The van der Waals surface area contributed by atoms with Crippen LogP contribution in [0.1, 0.15) is 71.0 Å². The molecule has 2 aromatic heterocycles. The van der Waals surface area contributed by atoms with E-state index in [9.17, 15) is 0 Å². The topological polar surface area (TPSA) is 67.6 Å². The lowest BCUT2D eigenvalue weighted by Crippen LogP contribution is -2.41. The molecular formula is C26H32BN3O4. The summed E-state index contributed by atoms with van der Waals surface area (Å²) < 4.78 is 26.7. The highest BCUT2D eigenvalue weighted by Gasteiger charge is 2.51. The van der Waals surface area contributed by atoms with Crippen LogP contribution in [0.25, 0.3) is 10.9 Å². The van der Waals surface area contributed by atoms with Crippen molar-refractivity contribution < 1.29 is 18.8 Å². The molecule has 0 bridgehead atoms. The van der Waals surface area contributed by atoms with Crippen LogP contribution in [0, 0.1) is 0 Å². The Kier molecular flexibility index (Phi) is 5.24. The molecule has 34 heavy (non-hydrogen) atoms. The molecule has 3 fully saturated rings. The van der Waals surface area contributed by atoms with Crippen molar-refractivity contribution in [2.24, 2.45) is 0 Å². The highest BCUT2D eigenvalue weighted by Crippen LogP contribution is 2.41. The van der Waals surface area contributed by atoms with E-state index < -0.39 is 7.12 Å². The highest BCUT2D eigenvalue weighted by molar-refractivity contribution is 6.62. The first-order chi connectivity index (χ1) is 16.3. The van der Waals surface area contributed by atoms with Crippen LogP contribution in [0.4, 0.5) is 0 Å². The Morgan fingerprint density at radius 2 is 1.71 bits per heavy atom. The molecule has 0 radical (unpaired) electrons. The molecule has 0 spiro atoms. The minimum atomic E-state index is -0.419. The molecule has 0 atom stereocenters. The van der Waals surface area contributed by atoms with E-state index in [1.807, 2.05) is 18.2 Å². The summed E-state index contributed by atoms with van der Waals surface area (Å²) in [6.07, 6.45) is 8.21. The van der Waals surface area contributed by atoms with Crippen molar-refractivity contribution in [3.05, 3.63) is 42.4 Å². The van der Waals surface area contributed by atoms with Crippen LogP contribution in [0.15, 0.2) is 36.7 Å².